The van der Waals surface area contributed by atoms with E-state index >= 15 is 0 Å². The van der Waals surface area contributed by atoms with Crippen molar-refractivity contribution < 1.29 is 51.5 Å². The highest BCUT2D eigenvalue weighted by molar-refractivity contribution is 7.88. The number of halogens is 6. The lowest BCUT2D eigenvalue weighted by molar-refractivity contribution is -0.0504. The molecule has 10 aromatic rings. The van der Waals surface area contributed by atoms with Crippen LogP contribution in [0.3, 0.4) is 0 Å². The Balaban J connectivity index is 0.000000299. The summed E-state index contributed by atoms with van der Waals surface area (Å²) in [5, 5.41) is 14.0. The van der Waals surface area contributed by atoms with Crippen molar-refractivity contribution in [1.82, 2.24) is 0 Å². The zero-order valence-electron chi connectivity index (χ0n) is 85.5. The highest BCUT2D eigenvalue weighted by Crippen LogP contribution is 2.50. The molecule has 132 heavy (non-hydrogen) atoms. The van der Waals surface area contributed by atoms with Gasteiger partial charge >= 0.3 is 31.3 Å². The number of rotatable bonds is 22. The van der Waals surface area contributed by atoms with Crippen LogP contribution >= 0.6 is 0 Å². The molecule has 0 aromatic heterocycles. The van der Waals surface area contributed by atoms with Crippen LogP contribution in [0.2, 0.25) is 99.7 Å². The molecule has 20 heteroatoms. The average molecular weight is 1940 g/mol. The summed E-state index contributed by atoms with van der Waals surface area (Å²) < 4.78 is 137. The largest absolute Gasteiger partial charge is 0.534 e. The van der Waals surface area contributed by atoms with Gasteiger partial charge in [0.2, 0.25) is 0 Å². The second-order valence-electron chi connectivity index (χ2n) is 43.1. The van der Waals surface area contributed by atoms with Crippen LogP contribution < -0.4 is 8.37 Å². The Morgan fingerprint density at radius 2 is 0.364 bits per heavy atom. The van der Waals surface area contributed by atoms with Crippen molar-refractivity contribution in [1.29, 1.82) is 0 Å². The number of benzene rings is 10. The molecule has 0 radical (unpaired) electrons. The van der Waals surface area contributed by atoms with Crippen molar-refractivity contribution in [3.05, 3.63) is 155 Å². The Morgan fingerprint density at radius 3 is 0.530 bits per heavy atom. The number of hydrogen-bond acceptors (Lipinski definition) is 6. The summed E-state index contributed by atoms with van der Waals surface area (Å²) in [7, 11) is -24.9. The third-order valence-corrected chi connectivity index (χ3v) is 70.3. The summed E-state index contributed by atoms with van der Waals surface area (Å²) in [4.78, 5) is 0. The van der Waals surface area contributed by atoms with Gasteiger partial charge < -0.3 is 8.37 Å². The van der Waals surface area contributed by atoms with Gasteiger partial charge in [0.05, 0.1) is 0 Å². The average Bonchev–Trinajstić information content (AvgIpc) is 0.727. The molecule has 0 spiro atoms. The molecule has 10 rings (SSSR count). The Labute approximate surface area is 795 Å². The zero-order chi connectivity index (χ0) is 99.3. The third kappa shape index (κ3) is 20.4. The molecule has 0 aliphatic rings. The van der Waals surface area contributed by atoms with Crippen LogP contribution in [0.15, 0.2) is 121 Å². The smallest absolute Gasteiger partial charge is 0.376 e. The molecule has 0 fully saturated rings. The Kier molecular flexibility index (Phi) is 33.2. The lowest BCUT2D eigenvalue weighted by Crippen LogP contribution is -2.43. The van der Waals surface area contributed by atoms with Crippen LogP contribution in [0.25, 0.3) is 86.2 Å². The Morgan fingerprint density at radius 1 is 0.212 bits per heavy atom. The third-order valence-electron chi connectivity index (χ3n) is 30.6. The van der Waals surface area contributed by atoms with Gasteiger partial charge in [0.1, 0.15) is 59.9 Å². The van der Waals surface area contributed by atoms with Crippen LogP contribution in [0.1, 0.15) is 283 Å². The van der Waals surface area contributed by atoms with E-state index in [1.54, 1.807) is 12.1 Å². The summed E-state index contributed by atoms with van der Waals surface area (Å²) in [5.41, 5.74) is 26.4. The molecular weight excluding hydrogens is 1790 g/mol. The first-order valence-electron chi connectivity index (χ1n) is 48.0. The molecule has 0 bridgehead atoms. The molecule has 6 nitrogen and oxygen atoms in total. The number of alkyl halides is 6. The molecule has 0 heterocycles. The Hall–Kier alpha value is -7.98. The van der Waals surface area contributed by atoms with Gasteiger partial charge in [-0.25, -0.2) is 0 Å². The molecule has 0 aliphatic heterocycles. The van der Waals surface area contributed by atoms with E-state index in [4.69, 9.17) is 0 Å². The molecule has 0 unspecified atom stereocenters. The maximum atomic E-state index is 13.4. The SMILES string of the molecule is CC(C)[Si](C#Cc1c2cc3ccc(OS(=O)(=O)C(F)(F)F)cc3cc2c(C#C[Si](C(C)C)(C(C)C)C(C)C)c2cc3ccc(OS(=O)(=O)C(F)(F)F)cc3cc12)(C(C)C)C(C)C.CC(C)[Si](C#Cc1ccc2cc3c(C#C[Si](C(C)C)(C(C)C)C(C)C)c4cc5cc(C#C[Si](C(C)C)(C(C)C)C(C)C)ccc5cc4c(C#C[Si](C(C)C)(C(C)C)C(C)C)c3cc2c1)(C(C)C)C(C)C. The summed E-state index contributed by atoms with van der Waals surface area (Å²) >= 11 is 0. The lowest BCUT2D eigenvalue weighted by atomic mass is 9.88. The predicted molar refractivity (Wildman–Crippen MR) is 572 cm³/mol. The van der Waals surface area contributed by atoms with Crippen molar-refractivity contribution >= 4 is 155 Å². The number of fused-ring (bicyclic) bond motifs is 8. The van der Waals surface area contributed by atoms with Crippen molar-refractivity contribution in [2.24, 2.45) is 0 Å². The van der Waals surface area contributed by atoms with Gasteiger partial charge in [-0.1, -0.05) is 309 Å². The normalized spacial score (nSPS) is 13.3. The molecule has 708 valence electrons. The number of hydrogen-bond donors (Lipinski definition) is 0. The molecule has 10 aromatic carbocycles. The van der Waals surface area contributed by atoms with Gasteiger partial charge in [-0.05, 0) is 283 Å². The second-order valence-corrected chi connectivity index (χ2v) is 79.6. The van der Waals surface area contributed by atoms with Gasteiger partial charge in [-0.15, -0.1) is 33.3 Å². The monoisotopic (exact) mass is 1930 g/mol. The molecular formula is C112H146F6O6S2Si6. The standard InChI is InChI=1S/C66H94Si4.C46H52F6O6S2Si2/c1-43(2)67(44(3)4,45(5)6)33-29-55-25-27-57-39-63-62(32-36-70(52(19)20,53(21)22)54(23)24)66-42-60-38-56(30-34-68(46(7)8,47(9)10)48(11)12)26-28-58(60)40-64(66)61(65(63)41-59(57)37-55)31-35-69(49(13)14,50(15)16)51(17)18;1-27(2)61(28(3)4,29(5)6)19-17-39-41-23-33-13-15-38(58-60(55,56)46(50,51)52)22-36(33)26-44(41)40(18-20-62(30(7)8,31(9)10)32(11)12)42-24-34-14-16-37(21-35(34)25-43(39)42)57-59(53,54)45(47,48)49/h25-28,37-54H,1-24H3;13-16,21-32H,1-12H3. The summed E-state index contributed by atoms with van der Waals surface area (Å²) in [5.74, 6) is 21.9. The van der Waals surface area contributed by atoms with Gasteiger partial charge in [-0.3, -0.25) is 0 Å². The van der Waals surface area contributed by atoms with Crippen LogP contribution in [0, 0.1) is 68.8 Å². The molecule has 0 saturated carbocycles. The van der Waals surface area contributed by atoms with Gasteiger partial charge in [0.15, 0.2) is 0 Å². The topological polar surface area (TPSA) is 86.7 Å². The van der Waals surface area contributed by atoms with E-state index in [2.05, 4.69) is 387 Å². The predicted octanol–water partition coefficient (Wildman–Crippen LogP) is 34.5. The molecule has 0 N–H and O–H groups in total. The van der Waals surface area contributed by atoms with Crippen LogP contribution in [-0.4, -0.2) is 76.3 Å². The van der Waals surface area contributed by atoms with E-state index in [9.17, 15) is 43.2 Å². The fourth-order valence-electron chi connectivity index (χ4n) is 24.2. The van der Waals surface area contributed by atoms with Crippen LogP contribution in [0.5, 0.6) is 11.5 Å². The molecule has 0 aliphatic carbocycles. The van der Waals surface area contributed by atoms with E-state index < -0.39 is 91.2 Å². The summed E-state index contributed by atoms with van der Waals surface area (Å²) in [6.45, 7) is 84.0. The van der Waals surface area contributed by atoms with Gasteiger partial charge in [-0.2, -0.15) is 43.2 Å². The van der Waals surface area contributed by atoms with Gasteiger partial charge in [0, 0.05) is 33.4 Å². The summed E-state index contributed by atoms with van der Waals surface area (Å²) in [6, 6.07) is 38.5. The van der Waals surface area contributed by atoms with Crippen molar-refractivity contribution in [3.63, 3.8) is 0 Å². The van der Waals surface area contributed by atoms with Crippen LogP contribution in [-0.2, 0) is 20.2 Å². The van der Waals surface area contributed by atoms with Gasteiger partial charge in [0.25, 0.3) is 0 Å². The van der Waals surface area contributed by atoms with E-state index in [-0.39, 0.29) is 33.2 Å². The first kappa shape index (κ1) is 108. The molecule has 0 amide bonds. The molecule has 0 atom stereocenters. The van der Waals surface area contributed by atoms with E-state index in [0.717, 1.165) is 34.4 Å². The maximum Gasteiger partial charge on any atom is 0.534 e. The minimum absolute atomic E-state index is 0.238. The second kappa shape index (κ2) is 40.7. The fraction of sp³-hybridized carbons (Fsp3) is 0.500. The van der Waals surface area contributed by atoms with E-state index in [1.807, 2.05) is 12.1 Å². The van der Waals surface area contributed by atoms with Crippen LogP contribution in [0.4, 0.5) is 26.3 Å². The highest BCUT2D eigenvalue weighted by atomic mass is 32.2. The first-order valence-corrected chi connectivity index (χ1v) is 64.2. The molecule has 0 saturated heterocycles. The van der Waals surface area contributed by atoms with Crippen molar-refractivity contribution in [3.8, 4) is 80.3 Å². The zero-order valence-corrected chi connectivity index (χ0v) is 93.1. The fourth-order valence-corrected chi connectivity index (χ4v) is 56.4. The quantitative estimate of drug-likeness (QED) is 0.0168. The Bertz CT molecular complexity index is 6160. The summed E-state index contributed by atoms with van der Waals surface area (Å²) in [6.07, 6.45) is 0. The van der Waals surface area contributed by atoms with Crippen molar-refractivity contribution in [2.75, 3.05) is 0 Å². The first-order chi connectivity index (χ1) is 61.0. The van der Waals surface area contributed by atoms with E-state index in [1.165, 1.54) is 67.4 Å². The maximum absolute atomic E-state index is 13.4. The minimum Gasteiger partial charge on any atom is -0.376 e. The minimum atomic E-state index is -5.97. The van der Waals surface area contributed by atoms with Crippen molar-refractivity contribution in [2.45, 2.75) is 360 Å². The lowest BCUT2D eigenvalue weighted by Gasteiger charge is -2.38. The highest BCUT2D eigenvalue weighted by Gasteiger charge is 2.51. The van der Waals surface area contributed by atoms with E-state index in [0.29, 0.717) is 121 Å².